The Morgan fingerprint density at radius 2 is 1.85 bits per heavy atom. The van der Waals surface area contributed by atoms with Gasteiger partial charge in [-0.2, -0.15) is 18.3 Å². The molecule has 182 valence electrons. The number of anilines is 1. The summed E-state index contributed by atoms with van der Waals surface area (Å²) in [7, 11) is 0. The standard InChI is InChI=1S/C22H21ClF5N5O/c23-18-7-14(5-6-29-18)32-9-12-1-2-13(10-32)15(12)8-20-30-21-16(34-11-19(24)25)3-4-17(22(26,27)28)33(21)31-20/h3-7,12-13,15,19H,1-2,8-11H2/t12-,13+,15?. The molecule has 34 heavy (non-hydrogen) atoms. The third-order valence-corrected chi connectivity index (χ3v) is 6.88. The van der Waals surface area contributed by atoms with E-state index in [1.54, 1.807) is 6.20 Å². The van der Waals surface area contributed by atoms with Gasteiger partial charge in [0.1, 0.15) is 17.5 Å². The number of alkyl halides is 5. The van der Waals surface area contributed by atoms with Crippen molar-refractivity contribution in [3.8, 4) is 5.75 Å². The first-order valence-electron chi connectivity index (χ1n) is 10.9. The molecule has 2 aliphatic rings. The molecule has 3 aromatic rings. The van der Waals surface area contributed by atoms with Crippen molar-refractivity contribution in [1.29, 1.82) is 0 Å². The maximum Gasteiger partial charge on any atom is 0.433 e. The molecule has 0 amide bonds. The van der Waals surface area contributed by atoms with Crippen LogP contribution >= 0.6 is 11.6 Å². The third kappa shape index (κ3) is 4.49. The molecule has 0 spiro atoms. The predicted molar refractivity (Wildman–Crippen MR) is 114 cm³/mol. The van der Waals surface area contributed by atoms with Crippen LogP contribution in [0.25, 0.3) is 5.65 Å². The van der Waals surface area contributed by atoms with Gasteiger partial charge in [-0.3, -0.25) is 0 Å². The van der Waals surface area contributed by atoms with Gasteiger partial charge in [0.2, 0.25) is 0 Å². The summed E-state index contributed by atoms with van der Waals surface area (Å²) in [5.74, 6) is 0.967. The largest absolute Gasteiger partial charge is 0.484 e. The van der Waals surface area contributed by atoms with Crippen LogP contribution in [0.15, 0.2) is 30.5 Å². The van der Waals surface area contributed by atoms with Crippen molar-refractivity contribution in [1.82, 2.24) is 19.6 Å². The Morgan fingerprint density at radius 1 is 1.12 bits per heavy atom. The van der Waals surface area contributed by atoms with Crippen LogP contribution in [0.2, 0.25) is 5.15 Å². The van der Waals surface area contributed by atoms with Gasteiger partial charge in [-0.05, 0) is 54.9 Å². The molecule has 0 radical (unpaired) electrons. The third-order valence-electron chi connectivity index (χ3n) is 6.67. The molecule has 4 heterocycles. The summed E-state index contributed by atoms with van der Waals surface area (Å²) < 4.78 is 71.5. The normalized spacial score (nSPS) is 22.7. The van der Waals surface area contributed by atoms with E-state index in [0.29, 0.717) is 27.9 Å². The summed E-state index contributed by atoms with van der Waals surface area (Å²) >= 11 is 6.04. The smallest absolute Gasteiger partial charge is 0.433 e. The number of rotatable bonds is 6. The molecular weight excluding hydrogens is 481 g/mol. The van der Waals surface area contributed by atoms with Crippen molar-refractivity contribution < 1.29 is 26.7 Å². The Labute approximate surface area is 196 Å². The zero-order valence-corrected chi connectivity index (χ0v) is 18.6. The number of fused-ring (bicyclic) bond motifs is 3. The summed E-state index contributed by atoms with van der Waals surface area (Å²) in [6.07, 6.45) is -3.35. The molecule has 0 N–H and O–H groups in total. The lowest BCUT2D eigenvalue weighted by Crippen LogP contribution is -2.42. The van der Waals surface area contributed by atoms with E-state index in [1.165, 1.54) is 0 Å². The van der Waals surface area contributed by atoms with Gasteiger partial charge in [-0.25, -0.2) is 23.3 Å². The van der Waals surface area contributed by atoms with Gasteiger partial charge in [0.25, 0.3) is 6.43 Å². The lowest BCUT2D eigenvalue weighted by atomic mass is 9.82. The highest BCUT2D eigenvalue weighted by molar-refractivity contribution is 6.29. The number of halogens is 6. The second-order valence-corrected chi connectivity index (χ2v) is 9.14. The Hall–Kier alpha value is -2.69. The summed E-state index contributed by atoms with van der Waals surface area (Å²) in [4.78, 5) is 10.6. The number of hydrogen-bond acceptors (Lipinski definition) is 5. The Balaban J connectivity index is 1.40. The average molecular weight is 502 g/mol. The lowest BCUT2D eigenvalue weighted by Gasteiger charge is -2.39. The van der Waals surface area contributed by atoms with Gasteiger partial charge in [0.05, 0.1) is 0 Å². The summed E-state index contributed by atoms with van der Waals surface area (Å²) in [6, 6.07) is 5.52. The van der Waals surface area contributed by atoms with Crippen LogP contribution in [-0.4, -0.2) is 45.7 Å². The number of pyridine rings is 2. The van der Waals surface area contributed by atoms with Gasteiger partial charge < -0.3 is 9.64 Å². The fraction of sp³-hybridized carbons (Fsp3) is 0.500. The zero-order chi connectivity index (χ0) is 24.0. The van der Waals surface area contributed by atoms with E-state index in [-0.39, 0.29) is 23.1 Å². The van der Waals surface area contributed by atoms with Crippen LogP contribution in [0.4, 0.5) is 27.6 Å². The minimum Gasteiger partial charge on any atom is -0.484 e. The average Bonchev–Trinajstić information content (AvgIpc) is 3.28. The van der Waals surface area contributed by atoms with Crippen LogP contribution in [-0.2, 0) is 12.6 Å². The highest BCUT2D eigenvalue weighted by Gasteiger charge is 2.43. The maximum absolute atomic E-state index is 13.5. The molecule has 1 unspecified atom stereocenters. The topological polar surface area (TPSA) is 55.6 Å². The summed E-state index contributed by atoms with van der Waals surface area (Å²) in [6.45, 7) is 0.654. The van der Waals surface area contributed by atoms with Gasteiger partial charge in [-0.1, -0.05) is 11.6 Å². The molecule has 2 bridgehead atoms. The molecule has 3 atom stereocenters. The minimum absolute atomic E-state index is 0.153. The second kappa shape index (κ2) is 8.83. The van der Waals surface area contributed by atoms with E-state index in [9.17, 15) is 22.0 Å². The number of nitrogens with zero attached hydrogens (tertiary/aromatic N) is 5. The first kappa shape index (κ1) is 23.1. The molecule has 1 saturated heterocycles. The number of aromatic nitrogens is 4. The Bertz CT molecular complexity index is 1170. The first-order valence-corrected chi connectivity index (χ1v) is 11.3. The Kier molecular flexibility index (Phi) is 5.99. The molecule has 1 aliphatic carbocycles. The van der Waals surface area contributed by atoms with Crippen molar-refractivity contribution in [3.05, 3.63) is 47.1 Å². The molecule has 3 aromatic heterocycles. The predicted octanol–water partition coefficient (Wildman–Crippen LogP) is 5.15. The van der Waals surface area contributed by atoms with Crippen molar-refractivity contribution in [2.75, 3.05) is 24.6 Å². The fourth-order valence-corrected chi connectivity index (χ4v) is 5.40. The first-order chi connectivity index (χ1) is 16.2. The SMILES string of the molecule is FC(F)COc1ccc(C(F)(F)F)n2nc(CC3[C@@H]4CC[C@H]3CN(c3ccnc(Cl)c3)C4)nc12. The van der Waals surface area contributed by atoms with Crippen LogP contribution in [0.5, 0.6) is 5.75 Å². The Morgan fingerprint density at radius 3 is 2.50 bits per heavy atom. The molecule has 0 aromatic carbocycles. The number of ether oxygens (including phenoxy) is 1. The summed E-state index contributed by atoms with van der Waals surface area (Å²) in [5, 5.41) is 4.55. The van der Waals surface area contributed by atoms with Crippen LogP contribution in [0.3, 0.4) is 0 Å². The van der Waals surface area contributed by atoms with Gasteiger partial charge >= 0.3 is 6.18 Å². The van der Waals surface area contributed by atoms with E-state index in [0.717, 1.165) is 43.8 Å². The fourth-order valence-electron chi connectivity index (χ4n) is 5.23. The van der Waals surface area contributed by atoms with Crippen LogP contribution in [0.1, 0.15) is 24.4 Å². The van der Waals surface area contributed by atoms with Crippen molar-refractivity contribution in [3.63, 3.8) is 0 Å². The van der Waals surface area contributed by atoms with Crippen LogP contribution in [0, 0.1) is 17.8 Å². The van der Waals surface area contributed by atoms with E-state index in [2.05, 4.69) is 20.0 Å². The van der Waals surface area contributed by atoms with Gasteiger partial charge in [0, 0.05) is 31.4 Å². The lowest BCUT2D eigenvalue weighted by molar-refractivity contribution is -0.142. The second-order valence-electron chi connectivity index (χ2n) is 8.75. The molecule has 1 aliphatic heterocycles. The highest BCUT2D eigenvalue weighted by atomic mass is 35.5. The zero-order valence-electron chi connectivity index (χ0n) is 17.9. The van der Waals surface area contributed by atoms with E-state index < -0.39 is 24.9 Å². The van der Waals surface area contributed by atoms with Gasteiger partial charge in [-0.15, -0.1) is 0 Å². The number of hydrogen-bond donors (Lipinski definition) is 0. The monoisotopic (exact) mass is 501 g/mol. The quantitative estimate of drug-likeness (QED) is 0.345. The molecule has 2 fully saturated rings. The van der Waals surface area contributed by atoms with E-state index in [4.69, 9.17) is 16.3 Å². The molecule has 6 nitrogen and oxygen atoms in total. The van der Waals surface area contributed by atoms with Crippen molar-refractivity contribution in [2.24, 2.45) is 17.8 Å². The van der Waals surface area contributed by atoms with E-state index >= 15 is 0 Å². The molecular formula is C22H21ClF5N5O. The summed E-state index contributed by atoms with van der Waals surface area (Å²) in [5.41, 5.74) is -0.239. The number of piperidine rings is 1. The minimum atomic E-state index is -4.68. The highest BCUT2D eigenvalue weighted by Crippen LogP contribution is 2.44. The maximum atomic E-state index is 13.5. The van der Waals surface area contributed by atoms with Gasteiger partial charge in [0.15, 0.2) is 17.2 Å². The van der Waals surface area contributed by atoms with Crippen molar-refractivity contribution >= 4 is 22.9 Å². The van der Waals surface area contributed by atoms with E-state index in [1.807, 2.05) is 12.1 Å². The van der Waals surface area contributed by atoms with Crippen LogP contribution < -0.4 is 9.64 Å². The molecule has 12 heteroatoms. The molecule has 1 saturated carbocycles. The molecule has 5 rings (SSSR count). The van der Waals surface area contributed by atoms with Crippen molar-refractivity contribution in [2.45, 2.75) is 31.9 Å².